The van der Waals surface area contributed by atoms with Crippen molar-refractivity contribution in [2.24, 2.45) is 0 Å². The van der Waals surface area contributed by atoms with Crippen molar-refractivity contribution < 1.29 is 4.74 Å². The second kappa shape index (κ2) is 5.62. The number of rotatable bonds is 3. The van der Waals surface area contributed by atoms with Crippen molar-refractivity contribution in [3.8, 4) is 0 Å². The Balaban J connectivity index is 1.94. The van der Waals surface area contributed by atoms with Crippen LogP contribution >= 0.6 is 11.6 Å². The minimum absolute atomic E-state index is 0.368. The minimum Gasteiger partial charge on any atom is -0.380 e. The maximum Gasteiger partial charge on any atom is 0.0698 e. The number of hydrogen-bond donors (Lipinski definition) is 0. The molecule has 1 aromatic rings. The predicted octanol–water partition coefficient (Wildman–Crippen LogP) is 2.35. The topological polar surface area (TPSA) is 25.4 Å². The quantitative estimate of drug-likeness (QED) is 0.811. The number of hydrogen-bond acceptors (Lipinski definition) is 3. The van der Waals surface area contributed by atoms with Gasteiger partial charge in [0.05, 0.1) is 11.8 Å². The van der Waals surface area contributed by atoms with Gasteiger partial charge in [0.2, 0.25) is 0 Å². The van der Waals surface area contributed by atoms with E-state index < -0.39 is 0 Å². The largest absolute Gasteiger partial charge is 0.380 e. The van der Waals surface area contributed by atoms with E-state index in [1.807, 2.05) is 6.07 Å². The highest BCUT2D eigenvalue weighted by molar-refractivity contribution is 6.30. The lowest BCUT2D eigenvalue weighted by Crippen LogP contribution is -2.38. The van der Waals surface area contributed by atoms with Crippen molar-refractivity contribution in [3.63, 3.8) is 0 Å². The Kier molecular flexibility index (Phi) is 4.16. The summed E-state index contributed by atoms with van der Waals surface area (Å²) in [6, 6.07) is 3.73. The summed E-state index contributed by atoms with van der Waals surface area (Å²) in [6.45, 7) is 2.97. The number of nitrogens with zero attached hydrogens (tertiary/aromatic N) is 2. The van der Waals surface area contributed by atoms with Gasteiger partial charge in [-0.1, -0.05) is 11.6 Å². The minimum atomic E-state index is 0.368. The van der Waals surface area contributed by atoms with E-state index in [0.717, 1.165) is 36.8 Å². The van der Waals surface area contributed by atoms with E-state index in [9.17, 15) is 0 Å². The van der Waals surface area contributed by atoms with Crippen molar-refractivity contribution in [3.05, 3.63) is 29.0 Å². The molecule has 16 heavy (non-hydrogen) atoms. The van der Waals surface area contributed by atoms with Gasteiger partial charge in [-0.25, -0.2) is 0 Å². The van der Waals surface area contributed by atoms with Crippen molar-refractivity contribution in [2.75, 3.05) is 20.2 Å². The summed E-state index contributed by atoms with van der Waals surface area (Å²) >= 11 is 5.94. The third kappa shape index (κ3) is 3.17. The van der Waals surface area contributed by atoms with Gasteiger partial charge >= 0.3 is 0 Å². The van der Waals surface area contributed by atoms with Crippen LogP contribution in [0.3, 0.4) is 0 Å². The zero-order valence-electron chi connectivity index (χ0n) is 9.53. The molecule has 1 saturated heterocycles. The first-order valence-electron chi connectivity index (χ1n) is 5.63. The van der Waals surface area contributed by atoms with Gasteiger partial charge in [0, 0.05) is 31.4 Å². The Labute approximate surface area is 101 Å². The molecule has 0 amide bonds. The summed E-state index contributed by atoms with van der Waals surface area (Å²) in [5.74, 6) is 0. The maximum absolute atomic E-state index is 5.94. The lowest BCUT2D eigenvalue weighted by molar-refractivity contribution is 0.0281. The number of halogens is 1. The Hall–Kier alpha value is -0.640. The number of methoxy groups -OCH3 is 1. The van der Waals surface area contributed by atoms with Crippen LogP contribution in [0.2, 0.25) is 5.02 Å². The highest BCUT2D eigenvalue weighted by atomic mass is 35.5. The maximum atomic E-state index is 5.94. The van der Waals surface area contributed by atoms with Crippen LogP contribution in [0.1, 0.15) is 18.5 Å². The first-order chi connectivity index (χ1) is 7.78. The normalized spacial score (nSPS) is 22.2. The summed E-state index contributed by atoms with van der Waals surface area (Å²) < 4.78 is 5.39. The Morgan fingerprint density at radius 3 is 3.25 bits per heavy atom. The van der Waals surface area contributed by atoms with Crippen LogP contribution < -0.4 is 0 Å². The zero-order valence-corrected chi connectivity index (χ0v) is 10.3. The second-order valence-electron chi connectivity index (χ2n) is 4.20. The van der Waals surface area contributed by atoms with Gasteiger partial charge in [-0.3, -0.25) is 9.88 Å². The summed E-state index contributed by atoms with van der Waals surface area (Å²) in [4.78, 5) is 6.69. The Bertz CT molecular complexity index is 346. The molecule has 1 aliphatic rings. The molecule has 1 unspecified atom stereocenters. The van der Waals surface area contributed by atoms with Crippen LogP contribution in [0.4, 0.5) is 0 Å². The summed E-state index contributed by atoms with van der Waals surface area (Å²) in [5.41, 5.74) is 1.03. The van der Waals surface area contributed by atoms with E-state index in [2.05, 4.69) is 9.88 Å². The average molecular weight is 241 g/mol. The molecule has 0 aliphatic carbocycles. The molecule has 0 saturated carbocycles. The molecule has 0 aromatic carbocycles. The fourth-order valence-corrected chi connectivity index (χ4v) is 2.30. The van der Waals surface area contributed by atoms with Crippen molar-refractivity contribution in [1.82, 2.24) is 9.88 Å². The van der Waals surface area contributed by atoms with Gasteiger partial charge in [-0.2, -0.15) is 0 Å². The van der Waals surface area contributed by atoms with Crippen LogP contribution in [0.5, 0.6) is 0 Å². The van der Waals surface area contributed by atoms with Crippen LogP contribution in [-0.2, 0) is 11.3 Å². The van der Waals surface area contributed by atoms with E-state index in [0.29, 0.717) is 6.10 Å². The summed E-state index contributed by atoms with van der Waals surface area (Å²) in [6.07, 6.45) is 4.48. The molecule has 0 spiro atoms. The first-order valence-corrected chi connectivity index (χ1v) is 6.01. The smallest absolute Gasteiger partial charge is 0.0698 e. The third-order valence-electron chi connectivity index (χ3n) is 2.96. The van der Waals surface area contributed by atoms with Gasteiger partial charge < -0.3 is 4.74 Å². The lowest BCUT2D eigenvalue weighted by Gasteiger charge is -2.31. The van der Waals surface area contributed by atoms with Gasteiger partial charge in [-0.15, -0.1) is 0 Å². The highest BCUT2D eigenvalue weighted by Gasteiger charge is 2.19. The molecular formula is C12H17ClN2O. The molecular weight excluding hydrogens is 224 g/mol. The van der Waals surface area contributed by atoms with E-state index >= 15 is 0 Å². The Morgan fingerprint density at radius 2 is 2.50 bits per heavy atom. The van der Waals surface area contributed by atoms with Crippen molar-refractivity contribution in [1.29, 1.82) is 0 Å². The molecule has 1 fully saturated rings. The zero-order chi connectivity index (χ0) is 11.4. The lowest BCUT2D eigenvalue weighted by atomic mass is 10.1. The first kappa shape index (κ1) is 11.8. The second-order valence-corrected chi connectivity index (χ2v) is 4.64. The van der Waals surface area contributed by atoms with E-state index in [-0.39, 0.29) is 0 Å². The Morgan fingerprint density at radius 1 is 1.62 bits per heavy atom. The fourth-order valence-electron chi connectivity index (χ4n) is 2.11. The SMILES string of the molecule is COC1CCCN(Cc2cc(Cl)ccn2)C1. The number of pyridine rings is 1. The van der Waals surface area contributed by atoms with E-state index in [1.54, 1.807) is 19.4 Å². The summed E-state index contributed by atoms with van der Waals surface area (Å²) in [5, 5.41) is 0.755. The summed E-state index contributed by atoms with van der Waals surface area (Å²) in [7, 11) is 1.78. The average Bonchev–Trinajstić information content (AvgIpc) is 2.29. The fraction of sp³-hybridized carbons (Fsp3) is 0.583. The highest BCUT2D eigenvalue weighted by Crippen LogP contribution is 2.16. The number of likely N-dealkylation sites (tertiary alicyclic amines) is 1. The van der Waals surface area contributed by atoms with Crippen molar-refractivity contribution in [2.45, 2.75) is 25.5 Å². The van der Waals surface area contributed by atoms with Crippen LogP contribution in [0.25, 0.3) is 0 Å². The predicted molar refractivity (Wildman–Crippen MR) is 64.6 cm³/mol. The number of ether oxygens (including phenoxy) is 1. The molecule has 3 nitrogen and oxygen atoms in total. The van der Waals surface area contributed by atoms with Gasteiger partial charge in [0.25, 0.3) is 0 Å². The standard InChI is InChI=1S/C12H17ClN2O/c1-16-12-3-2-6-15(9-12)8-11-7-10(13)4-5-14-11/h4-5,7,12H,2-3,6,8-9H2,1H3. The van der Waals surface area contributed by atoms with E-state index in [4.69, 9.17) is 16.3 Å². The molecule has 2 rings (SSSR count). The molecule has 88 valence electrons. The van der Waals surface area contributed by atoms with Crippen LogP contribution in [-0.4, -0.2) is 36.2 Å². The molecule has 1 aromatic heterocycles. The molecule has 0 N–H and O–H groups in total. The molecule has 4 heteroatoms. The number of aromatic nitrogens is 1. The van der Waals surface area contributed by atoms with Gasteiger partial charge in [-0.05, 0) is 31.5 Å². The monoisotopic (exact) mass is 240 g/mol. The third-order valence-corrected chi connectivity index (χ3v) is 3.19. The molecule has 1 aliphatic heterocycles. The molecule has 2 heterocycles. The van der Waals surface area contributed by atoms with E-state index in [1.165, 1.54) is 6.42 Å². The molecule has 0 bridgehead atoms. The van der Waals surface area contributed by atoms with Gasteiger partial charge in [0.1, 0.15) is 0 Å². The number of piperidine rings is 1. The van der Waals surface area contributed by atoms with Crippen LogP contribution in [0.15, 0.2) is 18.3 Å². The van der Waals surface area contributed by atoms with Gasteiger partial charge in [0.15, 0.2) is 0 Å². The molecule has 1 atom stereocenters. The van der Waals surface area contributed by atoms with Crippen molar-refractivity contribution >= 4 is 11.6 Å². The molecule has 0 radical (unpaired) electrons. The van der Waals surface area contributed by atoms with Crippen LogP contribution in [0, 0.1) is 0 Å².